The molecule has 4 atom stereocenters. The van der Waals surface area contributed by atoms with Crippen molar-refractivity contribution in [3.63, 3.8) is 0 Å². The SMILES string of the molecule is O=C(CN(C(=O)c1ccccc1Cl)N1C(=O)[C@@H]2C[C@H](Br)[C@@H](Br)C[C@H]2C1=O)c1ccccc1. The van der Waals surface area contributed by atoms with Crippen molar-refractivity contribution in [2.24, 2.45) is 11.8 Å². The number of nitrogens with zero attached hydrogens (tertiary/aromatic N) is 2. The molecule has 1 saturated heterocycles. The van der Waals surface area contributed by atoms with Crippen LogP contribution in [0.25, 0.3) is 0 Å². The third-order valence-corrected chi connectivity index (χ3v) is 8.92. The van der Waals surface area contributed by atoms with E-state index in [1.165, 1.54) is 6.07 Å². The Labute approximate surface area is 207 Å². The summed E-state index contributed by atoms with van der Waals surface area (Å²) in [5.41, 5.74) is 0.490. The maximum Gasteiger partial charge on any atom is 0.274 e. The van der Waals surface area contributed by atoms with Gasteiger partial charge in [-0.05, 0) is 25.0 Å². The molecule has 32 heavy (non-hydrogen) atoms. The molecule has 1 saturated carbocycles. The second-order valence-electron chi connectivity index (χ2n) is 7.84. The number of rotatable bonds is 5. The van der Waals surface area contributed by atoms with Crippen LogP contribution in [-0.4, -0.2) is 49.7 Å². The normalized spacial score (nSPS) is 24.9. The Balaban J connectivity index is 1.71. The lowest BCUT2D eigenvalue weighted by Gasteiger charge is -2.30. The lowest BCUT2D eigenvalue weighted by Crippen LogP contribution is -2.52. The minimum atomic E-state index is -0.675. The fourth-order valence-electron chi connectivity index (χ4n) is 4.17. The smallest absolute Gasteiger partial charge is 0.274 e. The molecule has 1 aliphatic heterocycles. The number of Topliss-reactive ketones (excluding diaryl/α,β-unsaturated/α-hetero) is 1. The molecule has 0 aromatic heterocycles. The second-order valence-corrected chi connectivity index (χ2v) is 10.6. The number of carbonyl (C=O) groups is 4. The summed E-state index contributed by atoms with van der Waals surface area (Å²) >= 11 is 13.3. The summed E-state index contributed by atoms with van der Waals surface area (Å²) < 4.78 is 0. The molecule has 0 bridgehead atoms. The van der Waals surface area contributed by atoms with Crippen LogP contribution in [0.3, 0.4) is 0 Å². The number of amides is 3. The van der Waals surface area contributed by atoms with Crippen molar-refractivity contribution in [2.75, 3.05) is 6.54 Å². The van der Waals surface area contributed by atoms with E-state index < -0.39 is 41.9 Å². The highest BCUT2D eigenvalue weighted by molar-refractivity contribution is 9.12. The zero-order valence-electron chi connectivity index (χ0n) is 16.8. The summed E-state index contributed by atoms with van der Waals surface area (Å²) in [6.45, 7) is -0.458. The molecule has 3 amide bonds. The standard InChI is InChI=1S/C23H19Br2ClN2O4/c24-17-10-15-16(11-18(17)25)23(32)28(22(15)31)27(12-20(29)13-6-2-1-3-7-13)21(30)14-8-4-5-9-19(14)26/h1-9,15-18H,10-12H2/t15-,16-,17+,18+/m1/s1. The zero-order chi connectivity index (χ0) is 23.0. The van der Waals surface area contributed by atoms with Crippen LogP contribution in [-0.2, 0) is 9.59 Å². The summed E-state index contributed by atoms with van der Waals surface area (Å²) in [6, 6.07) is 14.8. The summed E-state index contributed by atoms with van der Waals surface area (Å²) in [4.78, 5) is 53.1. The Kier molecular flexibility index (Phi) is 6.83. The van der Waals surface area contributed by atoms with Gasteiger partial charge in [0.15, 0.2) is 5.78 Å². The maximum absolute atomic E-state index is 13.5. The molecule has 0 unspecified atom stereocenters. The van der Waals surface area contributed by atoms with Gasteiger partial charge in [-0.25, -0.2) is 5.01 Å². The van der Waals surface area contributed by atoms with Crippen molar-refractivity contribution < 1.29 is 19.2 Å². The number of ketones is 1. The van der Waals surface area contributed by atoms with Crippen molar-refractivity contribution in [1.29, 1.82) is 0 Å². The highest BCUT2D eigenvalue weighted by Crippen LogP contribution is 2.43. The van der Waals surface area contributed by atoms with Gasteiger partial charge in [0.25, 0.3) is 17.7 Å². The van der Waals surface area contributed by atoms with E-state index in [4.69, 9.17) is 11.6 Å². The lowest BCUT2D eigenvalue weighted by atomic mass is 9.81. The van der Waals surface area contributed by atoms with Gasteiger partial charge in [-0.15, -0.1) is 0 Å². The van der Waals surface area contributed by atoms with Gasteiger partial charge in [0.2, 0.25) is 0 Å². The number of hydrogen-bond donors (Lipinski definition) is 0. The van der Waals surface area contributed by atoms with Gasteiger partial charge in [0.05, 0.1) is 22.4 Å². The highest BCUT2D eigenvalue weighted by Gasteiger charge is 2.54. The number of alkyl halides is 2. The molecular weight excluding hydrogens is 564 g/mol. The Morgan fingerprint density at radius 2 is 1.44 bits per heavy atom. The third-order valence-electron chi connectivity index (χ3n) is 5.86. The van der Waals surface area contributed by atoms with E-state index in [0.717, 1.165) is 10.0 Å². The van der Waals surface area contributed by atoms with E-state index in [2.05, 4.69) is 31.9 Å². The molecule has 4 rings (SSSR count). The van der Waals surface area contributed by atoms with E-state index in [1.807, 2.05) is 0 Å². The van der Waals surface area contributed by atoms with Gasteiger partial charge >= 0.3 is 0 Å². The van der Waals surface area contributed by atoms with Gasteiger partial charge < -0.3 is 0 Å². The van der Waals surface area contributed by atoms with Crippen molar-refractivity contribution in [3.05, 3.63) is 70.7 Å². The van der Waals surface area contributed by atoms with Crippen LogP contribution in [0.2, 0.25) is 5.02 Å². The van der Waals surface area contributed by atoms with Crippen LogP contribution < -0.4 is 0 Å². The number of halogens is 3. The second kappa shape index (κ2) is 9.45. The van der Waals surface area contributed by atoms with Gasteiger partial charge in [-0.3, -0.25) is 19.2 Å². The molecule has 1 heterocycles. The van der Waals surface area contributed by atoms with E-state index in [-0.39, 0.29) is 20.2 Å². The number of hydrogen-bond acceptors (Lipinski definition) is 4. The Hall–Kier alpha value is -2.03. The highest BCUT2D eigenvalue weighted by atomic mass is 79.9. The first-order valence-corrected chi connectivity index (χ1v) is 12.3. The lowest BCUT2D eigenvalue weighted by molar-refractivity contribution is -0.154. The molecule has 2 aromatic rings. The first-order valence-electron chi connectivity index (χ1n) is 10.1. The third kappa shape index (κ3) is 4.28. The minimum Gasteiger partial charge on any atom is -0.292 e. The van der Waals surface area contributed by atoms with E-state index in [9.17, 15) is 19.2 Å². The van der Waals surface area contributed by atoms with Crippen LogP contribution in [0, 0.1) is 11.8 Å². The van der Waals surface area contributed by atoms with Crippen LogP contribution in [0.15, 0.2) is 54.6 Å². The van der Waals surface area contributed by atoms with Gasteiger partial charge in [-0.1, -0.05) is 85.9 Å². The number of fused-ring (bicyclic) bond motifs is 1. The Bertz CT molecular complexity index is 1050. The number of hydrazine groups is 1. The molecular formula is C23H19Br2ClN2O4. The zero-order valence-corrected chi connectivity index (χ0v) is 20.7. The first-order chi connectivity index (χ1) is 15.3. The predicted molar refractivity (Wildman–Crippen MR) is 127 cm³/mol. The Morgan fingerprint density at radius 1 is 0.906 bits per heavy atom. The van der Waals surface area contributed by atoms with Crippen LogP contribution >= 0.6 is 43.5 Å². The van der Waals surface area contributed by atoms with Crippen LogP contribution in [0.1, 0.15) is 33.6 Å². The van der Waals surface area contributed by atoms with Crippen molar-refractivity contribution in [1.82, 2.24) is 10.0 Å². The molecule has 2 aliphatic rings. The predicted octanol–water partition coefficient (Wildman–Crippen LogP) is 4.50. The quantitative estimate of drug-likeness (QED) is 0.296. The van der Waals surface area contributed by atoms with E-state index in [1.54, 1.807) is 48.5 Å². The monoisotopic (exact) mass is 580 g/mol. The summed E-state index contributed by atoms with van der Waals surface area (Å²) in [5, 5.41) is 1.99. The molecule has 0 radical (unpaired) electrons. The molecule has 9 heteroatoms. The molecule has 6 nitrogen and oxygen atoms in total. The van der Waals surface area contributed by atoms with Gasteiger partial charge in [0.1, 0.15) is 6.54 Å². The summed E-state index contributed by atoms with van der Waals surface area (Å²) in [7, 11) is 0. The fourth-order valence-corrected chi connectivity index (χ4v) is 5.63. The molecule has 166 valence electrons. The molecule has 2 aromatic carbocycles. The van der Waals surface area contributed by atoms with Crippen LogP contribution in [0.5, 0.6) is 0 Å². The van der Waals surface area contributed by atoms with Gasteiger partial charge in [0, 0.05) is 15.2 Å². The average Bonchev–Trinajstić information content (AvgIpc) is 3.02. The average molecular weight is 583 g/mol. The molecule has 0 N–H and O–H groups in total. The van der Waals surface area contributed by atoms with Gasteiger partial charge in [-0.2, -0.15) is 5.01 Å². The molecule has 2 fully saturated rings. The summed E-state index contributed by atoms with van der Waals surface area (Å²) in [6.07, 6.45) is 0.921. The fraction of sp³-hybridized carbons (Fsp3) is 0.304. The van der Waals surface area contributed by atoms with Crippen molar-refractivity contribution >= 4 is 67.0 Å². The number of imide groups is 1. The van der Waals surface area contributed by atoms with Crippen molar-refractivity contribution in [3.8, 4) is 0 Å². The summed E-state index contributed by atoms with van der Waals surface area (Å²) in [5.74, 6) is -3.09. The minimum absolute atomic E-state index is 0.0270. The molecule has 0 spiro atoms. The Morgan fingerprint density at radius 3 is 2.00 bits per heavy atom. The van der Waals surface area contributed by atoms with E-state index >= 15 is 0 Å². The maximum atomic E-state index is 13.5. The topological polar surface area (TPSA) is 74.8 Å². The molecule has 1 aliphatic carbocycles. The largest absolute Gasteiger partial charge is 0.292 e. The van der Waals surface area contributed by atoms with Crippen molar-refractivity contribution in [2.45, 2.75) is 22.5 Å². The number of benzene rings is 2. The van der Waals surface area contributed by atoms with Crippen LogP contribution in [0.4, 0.5) is 0 Å². The number of carbonyl (C=O) groups excluding carboxylic acids is 4. The van der Waals surface area contributed by atoms with E-state index in [0.29, 0.717) is 18.4 Å². The first kappa shape index (κ1) is 23.1.